The van der Waals surface area contributed by atoms with Gasteiger partial charge in [-0.1, -0.05) is 13.0 Å². The van der Waals surface area contributed by atoms with Crippen LogP contribution in [0.5, 0.6) is 5.75 Å². The minimum absolute atomic E-state index is 0.171. The van der Waals surface area contributed by atoms with Gasteiger partial charge in [-0.05, 0) is 36.7 Å². The van der Waals surface area contributed by atoms with E-state index >= 15 is 0 Å². The monoisotopic (exact) mass is 259 g/mol. The van der Waals surface area contributed by atoms with E-state index in [2.05, 4.69) is 42.6 Å². The molecule has 0 aliphatic carbocycles. The van der Waals surface area contributed by atoms with Crippen LogP contribution in [0, 0.1) is 6.92 Å². The summed E-state index contributed by atoms with van der Waals surface area (Å²) in [6.07, 6.45) is 3.97. The predicted octanol–water partition coefficient (Wildman–Crippen LogP) is 2.44. The number of nitrogens with one attached hydrogen (secondary N) is 1. The van der Waals surface area contributed by atoms with Crippen molar-refractivity contribution in [1.29, 1.82) is 0 Å². The van der Waals surface area contributed by atoms with E-state index < -0.39 is 0 Å². The summed E-state index contributed by atoms with van der Waals surface area (Å²) in [5.74, 6) is 0.891. The number of nitrogens with zero attached hydrogens (tertiary/aromatic N) is 2. The third kappa shape index (κ3) is 2.96. The Bertz CT molecular complexity index is 548. The van der Waals surface area contributed by atoms with Crippen molar-refractivity contribution in [2.45, 2.75) is 19.9 Å². The van der Waals surface area contributed by atoms with Crippen molar-refractivity contribution in [2.75, 3.05) is 13.7 Å². The SMILES string of the molecule is CCNC(c1cnn(C)c1)c1ccc(OC)cc1C. The van der Waals surface area contributed by atoms with Crippen LogP contribution in [0.15, 0.2) is 30.6 Å². The molecule has 1 atom stereocenters. The third-order valence-electron chi connectivity index (χ3n) is 3.25. The molecule has 102 valence electrons. The first kappa shape index (κ1) is 13.6. The minimum Gasteiger partial charge on any atom is -0.497 e. The molecule has 2 rings (SSSR count). The maximum atomic E-state index is 5.26. The number of hydrogen-bond acceptors (Lipinski definition) is 3. The first-order valence-corrected chi connectivity index (χ1v) is 6.52. The van der Waals surface area contributed by atoms with Gasteiger partial charge >= 0.3 is 0 Å². The second-order valence-electron chi connectivity index (χ2n) is 4.66. The van der Waals surface area contributed by atoms with Crippen molar-refractivity contribution in [3.8, 4) is 5.75 Å². The number of ether oxygens (including phenoxy) is 1. The van der Waals surface area contributed by atoms with Crippen LogP contribution in [0.3, 0.4) is 0 Å². The van der Waals surface area contributed by atoms with Gasteiger partial charge < -0.3 is 10.1 Å². The second kappa shape index (κ2) is 5.89. The molecule has 1 aromatic heterocycles. The lowest BCUT2D eigenvalue weighted by Gasteiger charge is -2.19. The maximum absolute atomic E-state index is 5.26. The molecule has 2 aromatic rings. The van der Waals surface area contributed by atoms with Crippen molar-refractivity contribution in [2.24, 2.45) is 7.05 Å². The smallest absolute Gasteiger partial charge is 0.119 e. The largest absolute Gasteiger partial charge is 0.497 e. The molecule has 19 heavy (non-hydrogen) atoms. The first-order chi connectivity index (χ1) is 9.15. The quantitative estimate of drug-likeness (QED) is 0.896. The number of benzene rings is 1. The highest BCUT2D eigenvalue weighted by atomic mass is 16.5. The number of aromatic nitrogens is 2. The zero-order valence-corrected chi connectivity index (χ0v) is 12.0. The zero-order valence-electron chi connectivity index (χ0n) is 12.0. The first-order valence-electron chi connectivity index (χ1n) is 6.52. The highest BCUT2D eigenvalue weighted by Crippen LogP contribution is 2.27. The van der Waals surface area contributed by atoms with Gasteiger partial charge in [0.15, 0.2) is 0 Å². The maximum Gasteiger partial charge on any atom is 0.119 e. The van der Waals surface area contributed by atoms with Gasteiger partial charge in [-0.25, -0.2) is 0 Å². The Morgan fingerprint density at radius 3 is 2.74 bits per heavy atom. The van der Waals surface area contributed by atoms with Gasteiger partial charge in [-0.2, -0.15) is 5.10 Å². The van der Waals surface area contributed by atoms with E-state index in [-0.39, 0.29) is 6.04 Å². The zero-order chi connectivity index (χ0) is 13.8. The Labute approximate surface area is 114 Å². The van der Waals surface area contributed by atoms with Gasteiger partial charge in [0, 0.05) is 18.8 Å². The molecule has 0 saturated carbocycles. The fourth-order valence-electron chi connectivity index (χ4n) is 2.30. The summed E-state index contributed by atoms with van der Waals surface area (Å²) in [6.45, 7) is 5.13. The minimum atomic E-state index is 0.171. The van der Waals surface area contributed by atoms with E-state index in [0.29, 0.717) is 0 Å². The molecular weight excluding hydrogens is 238 g/mol. The van der Waals surface area contributed by atoms with Gasteiger partial charge in [0.1, 0.15) is 5.75 Å². The Hall–Kier alpha value is -1.81. The number of rotatable bonds is 5. The number of aryl methyl sites for hydroxylation is 2. The normalized spacial score (nSPS) is 12.4. The molecule has 0 saturated heterocycles. The Morgan fingerprint density at radius 2 is 2.21 bits per heavy atom. The van der Waals surface area contributed by atoms with Gasteiger partial charge in [0.25, 0.3) is 0 Å². The predicted molar refractivity (Wildman–Crippen MR) is 76.5 cm³/mol. The van der Waals surface area contributed by atoms with Crippen LogP contribution in [0.2, 0.25) is 0 Å². The molecule has 0 spiro atoms. The summed E-state index contributed by atoms with van der Waals surface area (Å²) in [4.78, 5) is 0. The van der Waals surface area contributed by atoms with Crippen molar-refractivity contribution < 1.29 is 4.74 Å². The molecule has 1 heterocycles. The lowest BCUT2D eigenvalue weighted by atomic mass is 9.97. The van der Waals surface area contributed by atoms with Gasteiger partial charge in [-0.3, -0.25) is 4.68 Å². The lowest BCUT2D eigenvalue weighted by molar-refractivity contribution is 0.414. The summed E-state index contributed by atoms with van der Waals surface area (Å²) < 4.78 is 7.09. The van der Waals surface area contributed by atoms with Crippen molar-refractivity contribution >= 4 is 0 Å². The summed E-state index contributed by atoms with van der Waals surface area (Å²) in [5, 5.41) is 7.77. The summed E-state index contributed by atoms with van der Waals surface area (Å²) in [6, 6.07) is 6.36. The molecule has 1 N–H and O–H groups in total. The third-order valence-corrected chi connectivity index (χ3v) is 3.25. The van der Waals surface area contributed by atoms with Crippen LogP contribution in [0.25, 0.3) is 0 Å². The van der Waals surface area contributed by atoms with Gasteiger partial charge in [0.05, 0.1) is 19.3 Å². The Morgan fingerprint density at radius 1 is 1.42 bits per heavy atom. The summed E-state index contributed by atoms with van der Waals surface area (Å²) in [5.41, 5.74) is 3.66. The van der Waals surface area contributed by atoms with Crippen molar-refractivity contribution in [3.63, 3.8) is 0 Å². The van der Waals surface area contributed by atoms with E-state index in [0.717, 1.165) is 12.3 Å². The number of hydrogen-bond donors (Lipinski definition) is 1. The molecule has 0 aliphatic rings. The summed E-state index contributed by atoms with van der Waals surface area (Å²) >= 11 is 0. The average molecular weight is 259 g/mol. The average Bonchev–Trinajstić information content (AvgIpc) is 2.83. The second-order valence-corrected chi connectivity index (χ2v) is 4.66. The van der Waals surface area contributed by atoms with Crippen LogP contribution in [-0.2, 0) is 7.05 Å². The van der Waals surface area contributed by atoms with Crippen LogP contribution in [0.1, 0.15) is 29.7 Å². The standard InChI is InChI=1S/C15H21N3O/c1-5-16-15(12-9-17-18(3)10-12)14-7-6-13(19-4)8-11(14)2/h6-10,15-16H,5H2,1-4H3. The Kier molecular flexibility index (Phi) is 4.22. The fourth-order valence-corrected chi connectivity index (χ4v) is 2.30. The molecule has 0 amide bonds. The topological polar surface area (TPSA) is 39.1 Å². The van der Waals surface area contributed by atoms with E-state index in [1.807, 2.05) is 24.0 Å². The van der Waals surface area contributed by atoms with Gasteiger partial charge in [0.2, 0.25) is 0 Å². The highest BCUT2D eigenvalue weighted by molar-refractivity contribution is 5.40. The molecule has 4 nitrogen and oxygen atoms in total. The van der Waals surface area contributed by atoms with E-state index in [1.165, 1.54) is 16.7 Å². The van der Waals surface area contributed by atoms with Crippen LogP contribution in [0.4, 0.5) is 0 Å². The molecule has 0 bridgehead atoms. The van der Waals surface area contributed by atoms with Gasteiger partial charge in [-0.15, -0.1) is 0 Å². The van der Waals surface area contributed by atoms with Crippen molar-refractivity contribution in [1.82, 2.24) is 15.1 Å². The van der Waals surface area contributed by atoms with E-state index in [1.54, 1.807) is 7.11 Å². The van der Waals surface area contributed by atoms with E-state index in [9.17, 15) is 0 Å². The van der Waals surface area contributed by atoms with Crippen LogP contribution >= 0.6 is 0 Å². The van der Waals surface area contributed by atoms with Crippen LogP contribution in [-0.4, -0.2) is 23.4 Å². The molecule has 1 aromatic carbocycles. The van der Waals surface area contributed by atoms with Crippen molar-refractivity contribution in [3.05, 3.63) is 47.3 Å². The molecule has 0 radical (unpaired) electrons. The summed E-state index contributed by atoms with van der Waals surface area (Å²) in [7, 11) is 3.63. The van der Waals surface area contributed by atoms with Crippen LogP contribution < -0.4 is 10.1 Å². The fraction of sp³-hybridized carbons (Fsp3) is 0.400. The molecular formula is C15H21N3O. The highest BCUT2D eigenvalue weighted by Gasteiger charge is 2.16. The molecule has 4 heteroatoms. The van der Waals surface area contributed by atoms with E-state index in [4.69, 9.17) is 4.74 Å². The molecule has 1 unspecified atom stereocenters. The molecule has 0 aliphatic heterocycles. The Balaban J connectivity index is 2.39. The number of methoxy groups -OCH3 is 1. The lowest BCUT2D eigenvalue weighted by Crippen LogP contribution is -2.22. The molecule has 0 fully saturated rings.